The van der Waals surface area contributed by atoms with E-state index in [-0.39, 0.29) is 13.2 Å². The predicted octanol–water partition coefficient (Wildman–Crippen LogP) is 0.193. The Labute approximate surface area is 101 Å². The van der Waals surface area contributed by atoms with Gasteiger partial charge in [0.05, 0.1) is 12.3 Å². The summed E-state index contributed by atoms with van der Waals surface area (Å²) in [5, 5.41) is 17.7. The van der Waals surface area contributed by atoms with Crippen molar-refractivity contribution in [3.8, 4) is 0 Å². The Morgan fingerprint density at radius 3 is 2.82 bits per heavy atom. The summed E-state index contributed by atoms with van der Waals surface area (Å²) in [5.41, 5.74) is 11.4. The van der Waals surface area contributed by atoms with Gasteiger partial charge in [0.25, 0.3) is 0 Å². The molecule has 1 rings (SSSR count). The lowest BCUT2D eigenvalue weighted by Crippen LogP contribution is -2.21. The third-order valence-electron chi connectivity index (χ3n) is 2.43. The Morgan fingerprint density at radius 2 is 2.24 bits per heavy atom. The van der Waals surface area contributed by atoms with Gasteiger partial charge < -0.3 is 15.9 Å². The molecule has 5 nitrogen and oxygen atoms in total. The van der Waals surface area contributed by atoms with Crippen LogP contribution in [0.15, 0.2) is 18.2 Å². The van der Waals surface area contributed by atoms with E-state index in [4.69, 9.17) is 20.8 Å². The highest BCUT2D eigenvalue weighted by atomic mass is 16.6. The van der Waals surface area contributed by atoms with E-state index in [9.17, 15) is 0 Å². The van der Waals surface area contributed by atoms with Crippen LogP contribution in [0, 0.1) is 6.92 Å². The minimum atomic E-state index is -0.861. The van der Waals surface area contributed by atoms with Crippen LogP contribution in [0.1, 0.15) is 11.1 Å². The van der Waals surface area contributed by atoms with Crippen molar-refractivity contribution < 1.29 is 15.1 Å². The van der Waals surface area contributed by atoms with Crippen LogP contribution < -0.4 is 11.2 Å². The van der Waals surface area contributed by atoms with Crippen LogP contribution in [-0.2, 0) is 11.3 Å². The van der Waals surface area contributed by atoms with E-state index >= 15 is 0 Å². The lowest BCUT2D eigenvalue weighted by molar-refractivity contribution is 0.0246. The first-order valence-electron chi connectivity index (χ1n) is 5.63. The van der Waals surface area contributed by atoms with Gasteiger partial charge in [-0.15, -0.1) is 0 Å². The first kappa shape index (κ1) is 13.9. The summed E-state index contributed by atoms with van der Waals surface area (Å²) in [4.78, 5) is 5.04. The quantitative estimate of drug-likeness (QED) is 0.511. The van der Waals surface area contributed by atoms with Crippen LogP contribution in [0.25, 0.3) is 0 Å². The van der Waals surface area contributed by atoms with Crippen molar-refractivity contribution in [2.45, 2.75) is 19.4 Å². The van der Waals surface area contributed by atoms with Gasteiger partial charge in [-0.3, -0.25) is 10.3 Å². The van der Waals surface area contributed by atoms with Crippen molar-refractivity contribution in [2.75, 3.05) is 25.2 Å². The molecule has 0 spiro atoms. The molecule has 5 heteroatoms. The van der Waals surface area contributed by atoms with Crippen molar-refractivity contribution in [3.63, 3.8) is 0 Å². The van der Waals surface area contributed by atoms with Gasteiger partial charge in [-0.2, -0.15) is 0 Å². The fraction of sp³-hybridized carbons (Fsp3) is 0.500. The number of rotatable bonds is 7. The molecule has 0 radical (unpaired) electrons. The molecule has 0 fully saturated rings. The largest absolute Gasteiger partial charge is 0.394 e. The maximum atomic E-state index is 9.08. The van der Waals surface area contributed by atoms with Crippen molar-refractivity contribution >= 4 is 5.69 Å². The topological polar surface area (TPSA) is 87.7 Å². The molecule has 0 heterocycles. The van der Waals surface area contributed by atoms with Gasteiger partial charge in [-0.1, -0.05) is 6.07 Å². The number of nitrogens with two attached hydrogens (primary N) is 1. The smallest absolute Gasteiger partial charge is 0.103 e. The van der Waals surface area contributed by atoms with E-state index in [0.717, 1.165) is 17.7 Å². The predicted molar refractivity (Wildman–Crippen MR) is 66.6 cm³/mol. The van der Waals surface area contributed by atoms with Crippen molar-refractivity contribution in [1.29, 1.82) is 0 Å². The fourth-order valence-corrected chi connectivity index (χ4v) is 1.47. The highest BCUT2D eigenvalue weighted by Gasteiger charge is 2.03. The lowest BCUT2D eigenvalue weighted by Gasteiger charge is -2.12. The second kappa shape index (κ2) is 7.24. The van der Waals surface area contributed by atoms with Gasteiger partial charge in [0.1, 0.15) is 12.7 Å². The van der Waals surface area contributed by atoms with E-state index in [1.54, 1.807) is 0 Å². The Bertz CT molecular complexity index is 345. The van der Waals surface area contributed by atoms with Crippen LogP contribution >= 0.6 is 0 Å². The summed E-state index contributed by atoms with van der Waals surface area (Å²) in [6, 6.07) is 5.84. The zero-order valence-electron chi connectivity index (χ0n) is 10.0. The maximum absolute atomic E-state index is 9.08. The zero-order valence-corrected chi connectivity index (χ0v) is 10.0. The van der Waals surface area contributed by atoms with Gasteiger partial charge in [0.15, 0.2) is 0 Å². The molecule has 96 valence electrons. The summed E-state index contributed by atoms with van der Waals surface area (Å²) in [7, 11) is 0. The zero-order chi connectivity index (χ0) is 12.7. The number of aliphatic hydroxyl groups is 2. The summed E-state index contributed by atoms with van der Waals surface area (Å²) in [5.74, 6) is 0. The third kappa shape index (κ3) is 4.70. The van der Waals surface area contributed by atoms with Gasteiger partial charge in [0, 0.05) is 0 Å². The molecule has 1 unspecified atom stereocenters. The molecule has 1 aromatic rings. The standard InChI is InChI=1S/C12H20N2O3/c1-9-6-11(3-2-10(9)4-5-13)14-17-8-12(16)7-15/h2-3,6,12,14-16H,4-5,7-8,13H2,1H3. The Morgan fingerprint density at radius 1 is 1.47 bits per heavy atom. The third-order valence-corrected chi connectivity index (χ3v) is 2.43. The number of nitrogens with one attached hydrogen (secondary N) is 1. The average Bonchev–Trinajstić information content (AvgIpc) is 2.32. The first-order valence-corrected chi connectivity index (χ1v) is 5.63. The SMILES string of the molecule is Cc1cc(NOCC(O)CO)ccc1CCN. The molecule has 0 aliphatic rings. The minimum absolute atomic E-state index is 0.0418. The summed E-state index contributed by atoms with van der Waals surface area (Å²) in [6.07, 6.45) is -0.00367. The van der Waals surface area contributed by atoms with Gasteiger partial charge in [-0.25, -0.2) is 0 Å². The highest BCUT2D eigenvalue weighted by Crippen LogP contribution is 2.15. The monoisotopic (exact) mass is 240 g/mol. The molecule has 0 bridgehead atoms. The molecule has 0 aromatic heterocycles. The van der Waals surface area contributed by atoms with Crippen molar-refractivity contribution in [1.82, 2.24) is 0 Å². The number of aryl methyl sites for hydroxylation is 1. The Balaban J connectivity index is 2.47. The van der Waals surface area contributed by atoms with Crippen molar-refractivity contribution in [3.05, 3.63) is 29.3 Å². The molecular weight excluding hydrogens is 220 g/mol. The van der Waals surface area contributed by atoms with Gasteiger partial charge in [-0.05, 0) is 43.1 Å². The number of aliphatic hydroxyl groups excluding tert-OH is 2. The minimum Gasteiger partial charge on any atom is -0.394 e. The molecule has 0 saturated carbocycles. The molecule has 5 N–H and O–H groups in total. The van der Waals surface area contributed by atoms with Crippen LogP contribution in [-0.4, -0.2) is 36.1 Å². The summed E-state index contributed by atoms with van der Waals surface area (Å²) >= 11 is 0. The number of hydrogen-bond acceptors (Lipinski definition) is 5. The summed E-state index contributed by atoms with van der Waals surface area (Å²) < 4.78 is 0. The molecule has 0 aliphatic carbocycles. The van der Waals surface area contributed by atoms with Gasteiger partial charge in [0.2, 0.25) is 0 Å². The van der Waals surface area contributed by atoms with Crippen LogP contribution in [0.3, 0.4) is 0 Å². The molecule has 1 atom stereocenters. The Hall–Kier alpha value is -1.14. The molecule has 17 heavy (non-hydrogen) atoms. The van der Waals surface area contributed by atoms with Crippen LogP contribution in [0.5, 0.6) is 0 Å². The number of benzene rings is 1. The number of hydrogen-bond donors (Lipinski definition) is 4. The summed E-state index contributed by atoms with van der Waals surface area (Å²) in [6.45, 7) is 2.38. The second-order valence-corrected chi connectivity index (χ2v) is 3.93. The van der Waals surface area contributed by atoms with Gasteiger partial charge >= 0.3 is 0 Å². The molecule has 0 aliphatic heterocycles. The average molecular weight is 240 g/mol. The van der Waals surface area contributed by atoms with Crippen molar-refractivity contribution in [2.24, 2.45) is 5.73 Å². The maximum Gasteiger partial charge on any atom is 0.103 e. The number of anilines is 1. The Kier molecular flexibility index (Phi) is 5.93. The molecule has 0 saturated heterocycles. The lowest BCUT2D eigenvalue weighted by atomic mass is 10.1. The fourth-order valence-electron chi connectivity index (χ4n) is 1.47. The second-order valence-electron chi connectivity index (χ2n) is 3.93. The van der Waals surface area contributed by atoms with Crippen LogP contribution in [0.4, 0.5) is 5.69 Å². The van der Waals surface area contributed by atoms with E-state index in [1.807, 2.05) is 25.1 Å². The normalized spacial score (nSPS) is 12.5. The highest BCUT2D eigenvalue weighted by molar-refractivity contribution is 5.46. The molecule has 0 amide bonds. The van der Waals surface area contributed by atoms with E-state index in [0.29, 0.717) is 6.54 Å². The van der Waals surface area contributed by atoms with E-state index < -0.39 is 6.10 Å². The first-order chi connectivity index (χ1) is 8.17. The van der Waals surface area contributed by atoms with E-state index in [2.05, 4.69) is 5.48 Å². The van der Waals surface area contributed by atoms with E-state index in [1.165, 1.54) is 5.56 Å². The molecule has 1 aromatic carbocycles. The van der Waals surface area contributed by atoms with Crippen LogP contribution in [0.2, 0.25) is 0 Å². The molecular formula is C12H20N2O3.